The van der Waals surface area contributed by atoms with Crippen molar-refractivity contribution < 1.29 is 0 Å². The van der Waals surface area contributed by atoms with Crippen LogP contribution in [0.2, 0.25) is 25.2 Å². The van der Waals surface area contributed by atoms with Crippen LogP contribution < -0.4 is 10.4 Å². The zero-order valence-electron chi connectivity index (χ0n) is 14.9. The molecule has 0 amide bonds. The summed E-state index contributed by atoms with van der Waals surface area (Å²) in [6.07, 6.45) is 7.31. The van der Waals surface area contributed by atoms with Gasteiger partial charge in [0.1, 0.15) is 7.59 Å². The number of benzene rings is 2. The lowest BCUT2D eigenvalue weighted by atomic mass is 10.0. The third-order valence-corrected chi connectivity index (χ3v) is 25.5. The highest BCUT2D eigenvalue weighted by Gasteiger charge is 2.51. The van der Waals surface area contributed by atoms with Gasteiger partial charge in [-0.25, -0.2) is 0 Å². The van der Waals surface area contributed by atoms with Crippen LogP contribution in [0.4, 0.5) is 0 Å². The smallest absolute Gasteiger partial charge is 0.0705 e. The maximum atomic E-state index is 2.70. The summed E-state index contributed by atoms with van der Waals surface area (Å²) in [6.45, 7) is 8.07. The van der Waals surface area contributed by atoms with Gasteiger partial charge in [-0.2, -0.15) is 0 Å². The highest BCUT2D eigenvalue weighted by atomic mass is 29.3. The molecule has 0 bridgehead atoms. The molecule has 3 rings (SSSR count). The van der Waals surface area contributed by atoms with E-state index in [-0.39, 0.29) is 0 Å². The Labute approximate surface area is 143 Å². The van der Waals surface area contributed by atoms with E-state index in [1.54, 1.807) is 10.4 Å². The monoisotopic (exact) mass is 338 g/mol. The third-order valence-electron chi connectivity index (χ3n) is 6.62. The molecule has 122 valence electrons. The average Bonchev–Trinajstić information content (AvgIpc) is 2.63. The topological polar surface area (TPSA) is 0 Å². The van der Waals surface area contributed by atoms with E-state index >= 15 is 0 Å². The Morgan fingerprint density at radius 2 is 1.09 bits per heavy atom. The Balaban J connectivity index is 2.12. The van der Waals surface area contributed by atoms with Crippen molar-refractivity contribution in [2.75, 3.05) is 0 Å². The van der Waals surface area contributed by atoms with Crippen molar-refractivity contribution in [3.63, 3.8) is 0 Å². The molecular weight excluding hydrogens is 308 g/mol. The lowest BCUT2D eigenvalue weighted by molar-refractivity contribution is 0.495. The van der Waals surface area contributed by atoms with E-state index in [9.17, 15) is 0 Å². The lowest BCUT2D eigenvalue weighted by Crippen LogP contribution is -2.73. The number of rotatable bonds is 4. The van der Waals surface area contributed by atoms with Gasteiger partial charge in [-0.15, -0.1) is 0 Å². The van der Waals surface area contributed by atoms with E-state index in [1.807, 2.05) is 0 Å². The molecule has 1 aliphatic rings. The van der Waals surface area contributed by atoms with Gasteiger partial charge in [0.2, 0.25) is 0 Å². The maximum absolute atomic E-state index is 2.70. The molecule has 1 saturated carbocycles. The second kappa shape index (κ2) is 6.78. The molecule has 0 nitrogen and oxygen atoms in total. The van der Waals surface area contributed by atoms with E-state index < -0.39 is 15.2 Å². The molecule has 0 N–H and O–H groups in total. The van der Waals surface area contributed by atoms with Crippen molar-refractivity contribution in [2.45, 2.75) is 57.3 Å². The van der Waals surface area contributed by atoms with E-state index in [1.165, 1.54) is 32.1 Å². The molecule has 2 aromatic carbocycles. The lowest BCUT2D eigenvalue weighted by Gasteiger charge is -2.48. The number of hydrogen-bond acceptors (Lipinski definition) is 0. The van der Waals surface area contributed by atoms with E-state index in [0.717, 1.165) is 5.54 Å². The Kier molecular flexibility index (Phi) is 4.93. The molecule has 2 aromatic rings. The fraction of sp³-hybridized carbons (Fsp3) is 0.429. The predicted octanol–water partition coefficient (Wildman–Crippen LogP) is 5.00. The molecule has 0 saturated heterocycles. The first-order chi connectivity index (χ1) is 11.1. The van der Waals surface area contributed by atoms with Crippen molar-refractivity contribution in [1.82, 2.24) is 0 Å². The molecule has 0 heterocycles. The second-order valence-corrected chi connectivity index (χ2v) is 22.4. The summed E-state index contributed by atoms with van der Waals surface area (Å²) in [5, 5.41) is 3.29. The summed E-state index contributed by atoms with van der Waals surface area (Å²) in [5.41, 5.74) is 0.994. The summed E-state index contributed by atoms with van der Waals surface area (Å²) < 4.78 is 0. The van der Waals surface area contributed by atoms with Crippen molar-refractivity contribution >= 4 is 25.6 Å². The third kappa shape index (κ3) is 2.99. The summed E-state index contributed by atoms with van der Waals surface area (Å²) in [4.78, 5) is 0. The largest absolute Gasteiger partial charge is 0.108 e. The highest BCUT2D eigenvalue weighted by Crippen LogP contribution is 2.41. The fourth-order valence-electron chi connectivity index (χ4n) is 4.69. The summed E-state index contributed by atoms with van der Waals surface area (Å²) >= 11 is 0. The summed E-state index contributed by atoms with van der Waals surface area (Å²) in [5.74, 6) is 0. The first kappa shape index (κ1) is 16.7. The molecule has 0 unspecified atom stereocenters. The van der Waals surface area contributed by atoms with Crippen LogP contribution in [0.25, 0.3) is 0 Å². The Morgan fingerprint density at radius 1 is 0.652 bits per heavy atom. The van der Waals surface area contributed by atoms with Gasteiger partial charge in [0.15, 0.2) is 0 Å². The number of hydrogen-bond donors (Lipinski definition) is 0. The summed E-state index contributed by atoms with van der Waals surface area (Å²) in [6, 6.07) is 23.0. The van der Waals surface area contributed by atoms with Crippen LogP contribution in [0.3, 0.4) is 0 Å². The minimum absolute atomic E-state index is 0.994. The molecule has 0 atom stereocenters. The van der Waals surface area contributed by atoms with Gasteiger partial charge in [-0.1, -0.05) is 123 Å². The minimum atomic E-state index is -1.68. The van der Waals surface area contributed by atoms with Crippen molar-refractivity contribution in [3.8, 4) is 0 Å². The molecule has 2 heteroatoms. The van der Waals surface area contributed by atoms with Crippen molar-refractivity contribution in [3.05, 3.63) is 60.7 Å². The first-order valence-corrected chi connectivity index (χ1v) is 15.8. The Morgan fingerprint density at radius 3 is 1.52 bits per heavy atom. The van der Waals surface area contributed by atoms with Crippen LogP contribution in [0, 0.1) is 0 Å². The molecule has 0 aliphatic heterocycles. The van der Waals surface area contributed by atoms with Gasteiger partial charge >= 0.3 is 0 Å². The quantitative estimate of drug-likeness (QED) is 0.688. The van der Waals surface area contributed by atoms with Gasteiger partial charge in [0.25, 0.3) is 0 Å². The average molecular weight is 339 g/mol. The van der Waals surface area contributed by atoms with Crippen molar-refractivity contribution in [1.29, 1.82) is 0 Å². The van der Waals surface area contributed by atoms with Gasteiger partial charge in [0.05, 0.1) is 7.59 Å². The van der Waals surface area contributed by atoms with E-state index in [4.69, 9.17) is 0 Å². The summed E-state index contributed by atoms with van der Waals surface area (Å²) in [7, 11) is -3.08. The van der Waals surface area contributed by atoms with E-state index in [2.05, 4.69) is 80.3 Å². The minimum Gasteiger partial charge on any atom is -0.0705 e. The van der Waals surface area contributed by atoms with Gasteiger partial charge in [-0.05, 0) is 5.54 Å². The van der Waals surface area contributed by atoms with Gasteiger partial charge < -0.3 is 0 Å². The van der Waals surface area contributed by atoms with Gasteiger partial charge in [-0.3, -0.25) is 0 Å². The SMILES string of the molecule is C[Si](c1ccccc1)(c1ccccc1)[Si](C)(C)C1CCCCC1. The molecule has 0 spiro atoms. The standard InChI is InChI=1S/C21H30Si2/c1-22(2,19-13-7-4-8-14-19)23(3,20-15-9-5-10-16-20)21-17-11-6-12-18-21/h5-6,9-12,15-19H,4,7-8,13-14H2,1-3H3. The fourth-order valence-corrected chi connectivity index (χ4v) is 19.7. The van der Waals surface area contributed by atoms with Gasteiger partial charge in [0, 0.05) is 0 Å². The van der Waals surface area contributed by atoms with Crippen LogP contribution in [0.15, 0.2) is 60.7 Å². The first-order valence-electron chi connectivity index (χ1n) is 9.18. The van der Waals surface area contributed by atoms with Crippen LogP contribution in [0.5, 0.6) is 0 Å². The van der Waals surface area contributed by atoms with Crippen LogP contribution >= 0.6 is 0 Å². The zero-order chi connectivity index (χ0) is 16.3. The Hall–Kier alpha value is -1.13. The molecule has 0 aromatic heterocycles. The molecule has 23 heavy (non-hydrogen) atoms. The second-order valence-electron chi connectivity index (χ2n) is 7.91. The highest BCUT2D eigenvalue weighted by molar-refractivity contribution is 7.51. The van der Waals surface area contributed by atoms with E-state index in [0.29, 0.717) is 0 Å². The van der Waals surface area contributed by atoms with Crippen LogP contribution in [-0.2, 0) is 0 Å². The van der Waals surface area contributed by atoms with Crippen LogP contribution in [0.1, 0.15) is 32.1 Å². The normalized spacial score (nSPS) is 17.2. The molecule has 1 fully saturated rings. The molecular formula is C21H30Si2. The maximum Gasteiger partial charge on any atom is 0.108 e. The zero-order valence-corrected chi connectivity index (χ0v) is 16.9. The van der Waals surface area contributed by atoms with Crippen molar-refractivity contribution in [2.24, 2.45) is 0 Å². The molecule has 0 radical (unpaired) electrons. The predicted molar refractivity (Wildman–Crippen MR) is 108 cm³/mol. The van der Waals surface area contributed by atoms with Crippen LogP contribution in [-0.4, -0.2) is 15.2 Å². The Bertz CT molecular complexity index is 573. The molecule has 1 aliphatic carbocycles.